The Hall–Kier alpha value is -3.07. The molecule has 9 heteroatoms. The first-order chi connectivity index (χ1) is 15.8. The number of unbranched alkanes of at least 4 members (excludes halogenated alkanes) is 1. The van der Waals surface area contributed by atoms with Crippen molar-refractivity contribution >= 4 is 27.7 Å². The molecule has 1 aliphatic heterocycles. The fourth-order valence-corrected chi connectivity index (χ4v) is 4.85. The van der Waals surface area contributed by atoms with Gasteiger partial charge in [-0.3, -0.25) is 9.52 Å². The minimum Gasteiger partial charge on any atom is -0.453 e. The van der Waals surface area contributed by atoms with Gasteiger partial charge < -0.3 is 14.5 Å². The quantitative estimate of drug-likeness (QED) is 0.661. The van der Waals surface area contributed by atoms with Crippen LogP contribution < -0.4 is 4.72 Å². The summed E-state index contributed by atoms with van der Waals surface area (Å²) in [6.07, 6.45) is 3.35. The highest BCUT2D eigenvalue weighted by atomic mass is 32.2. The van der Waals surface area contributed by atoms with E-state index in [0.29, 0.717) is 43.9 Å². The van der Waals surface area contributed by atoms with Crippen molar-refractivity contribution in [2.45, 2.75) is 37.5 Å². The number of carbonyl (C=O) groups is 2. The number of sulfonamides is 1. The third-order valence-corrected chi connectivity index (χ3v) is 7.01. The predicted molar refractivity (Wildman–Crippen MR) is 127 cm³/mol. The van der Waals surface area contributed by atoms with Gasteiger partial charge in [-0.1, -0.05) is 31.5 Å². The maximum atomic E-state index is 13.0. The molecule has 3 rings (SSSR count). The first kappa shape index (κ1) is 24.6. The molecule has 1 saturated heterocycles. The van der Waals surface area contributed by atoms with Gasteiger partial charge >= 0.3 is 6.09 Å². The lowest BCUT2D eigenvalue weighted by Crippen LogP contribution is -2.37. The molecule has 1 heterocycles. The van der Waals surface area contributed by atoms with Gasteiger partial charge in [0.25, 0.3) is 15.9 Å². The number of methoxy groups -OCH3 is 1. The SMILES string of the molecule is CCCCc1ccc(NS(=O)(=O)c2cccc(C(=O)N3CCCN(C(=O)OC)CC3)c2)cc1. The molecule has 0 aliphatic carbocycles. The summed E-state index contributed by atoms with van der Waals surface area (Å²) in [6, 6.07) is 13.4. The summed E-state index contributed by atoms with van der Waals surface area (Å²) in [5.74, 6) is -0.265. The molecule has 178 valence electrons. The van der Waals surface area contributed by atoms with E-state index in [-0.39, 0.29) is 10.8 Å². The molecule has 2 aromatic carbocycles. The van der Waals surface area contributed by atoms with Gasteiger partial charge in [0.1, 0.15) is 0 Å². The molecule has 1 N–H and O–H groups in total. The number of hydrogen-bond acceptors (Lipinski definition) is 5. The zero-order valence-corrected chi connectivity index (χ0v) is 19.9. The van der Waals surface area contributed by atoms with E-state index in [1.165, 1.54) is 19.2 Å². The highest BCUT2D eigenvalue weighted by Crippen LogP contribution is 2.20. The standard InChI is InChI=1S/C24H31N3O5S/c1-3-4-7-19-10-12-21(13-11-19)25-33(30,31)22-9-5-8-20(18-22)23(28)26-14-6-15-27(17-16-26)24(29)32-2/h5,8-13,18,25H,3-4,6-7,14-17H2,1-2H3. The molecule has 1 fully saturated rings. The van der Waals surface area contributed by atoms with Crippen LogP contribution in [0.1, 0.15) is 42.1 Å². The molecule has 1 aliphatic rings. The number of carbonyl (C=O) groups excluding carboxylic acids is 2. The van der Waals surface area contributed by atoms with E-state index in [0.717, 1.165) is 24.8 Å². The van der Waals surface area contributed by atoms with E-state index in [9.17, 15) is 18.0 Å². The van der Waals surface area contributed by atoms with Gasteiger partial charge in [-0.15, -0.1) is 0 Å². The number of rotatable bonds is 7. The Morgan fingerprint density at radius 2 is 1.70 bits per heavy atom. The minimum absolute atomic E-state index is 0.0226. The summed E-state index contributed by atoms with van der Waals surface area (Å²) in [5.41, 5.74) is 1.93. The molecule has 0 aromatic heterocycles. The van der Waals surface area contributed by atoms with Crippen molar-refractivity contribution in [2.24, 2.45) is 0 Å². The van der Waals surface area contributed by atoms with E-state index >= 15 is 0 Å². The zero-order valence-electron chi connectivity index (χ0n) is 19.1. The monoisotopic (exact) mass is 473 g/mol. The van der Waals surface area contributed by atoms with Crippen LogP contribution in [0, 0.1) is 0 Å². The summed E-state index contributed by atoms with van der Waals surface area (Å²) < 4.78 is 33.2. The number of nitrogens with zero attached hydrogens (tertiary/aromatic N) is 2. The Morgan fingerprint density at radius 1 is 1.00 bits per heavy atom. The lowest BCUT2D eigenvalue weighted by molar-refractivity contribution is 0.0757. The Kier molecular flexibility index (Phi) is 8.32. The Bertz CT molecular complexity index is 1070. The van der Waals surface area contributed by atoms with Crippen molar-refractivity contribution < 1.29 is 22.7 Å². The van der Waals surface area contributed by atoms with Gasteiger partial charge in [0, 0.05) is 37.4 Å². The van der Waals surface area contributed by atoms with Crippen molar-refractivity contribution in [2.75, 3.05) is 38.0 Å². The first-order valence-electron chi connectivity index (χ1n) is 11.2. The van der Waals surface area contributed by atoms with E-state index in [2.05, 4.69) is 11.6 Å². The second kappa shape index (κ2) is 11.2. The highest BCUT2D eigenvalue weighted by Gasteiger charge is 2.24. The van der Waals surface area contributed by atoms with Gasteiger partial charge in [-0.25, -0.2) is 13.2 Å². The summed E-state index contributed by atoms with van der Waals surface area (Å²) in [4.78, 5) is 28.0. The van der Waals surface area contributed by atoms with Gasteiger partial charge in [-0.2, -0.15) is 0 Å². The molecule has 0 saturated carbocycles. The molecule has 8 nitrogen and oxygen atoms in total. The Labute approximate surface area is 195 Å². The summed E-state index contributed by atoms with van der Waals surface area (Å²) >= 11 is 0. The van der Waals surface area contributed by atoms with Crippen molar-refractivity contribution in [1.29, 1.82) is 0 Å². The van der Waals surface area contributed by atoms with Crippen LogP contribution in [0.15, 0.2) is 53.4 Å². The molecule has 0 bridgehead atoms. The second-order valence-corrected chi connectivity index (χ2v) is 9.72. The number of ether oxygens (including phenoxy) is 1. The van der Waals surface area contributed by atoms with Crippen LogP contribution in [0.3, 0.4) is 0 Å². The van der Waals surface area contributed by atoms with Gasteiger partial charge in [0.15, 0.2) is 0 Å². The van der Waals surface area contributed by atoms with Crippen LogP contribution >= 0.6 is 0 Å². The average Bonchev–Trinajstić information content (AvgIpc) is 3.09. The van der Waals surface area contributed by atoms with E-state index in [1.54, 1.807) is 34.1 Å². The number of hydrogen-bond donors (Lipinski definition) is 1. The van der Waals surface area contributed by atoms with E-state index < -0.39 is 16.1 Å². The lowest BCUT2D eigenvalue weighted by atomic mass is 10.1. The number of benzene rings is 2. The molecular weight excluding hydrogens is 442 g/mol. The minimum atomic E-state index is -3.85. The maximum absolute atomic E-state index is 13.0. The smallest absolute Gasteiger partial charge is 0.409 e. The van der Waals surface area contributed by atoms with Gasteiger partial charge in [0.2, 0.25) is 0 Å². The van der Waals surface area contributed by atoms with Crippen LogP contribution in [-0.2, 0) is 21.2 Å². The molecular formula is C24H31N3O5S. The number of nitrogens with one attached hydrogen (secondary N) is 1. The fourth-order valence-electron chi connectivity index (χ4n) is 3.75. The van der Waals surface area contributed by atoms with Crippen LogP contribution in [-0.4, -0.2) is 63.5 Å². The van der Waals surface area contributed by atoms with Crippen molar-refractivity contribution in [3.63, 3.8) is 0 Å². The van der Waals surface area contributed by atoms with Crippen molar-refractivity contribution in [1.82, 2.24) is 9.80 Å². The average molecular weight is 474 g/mol. The number of amides is 2. The molecule has 0 radical (unpaired) electrons. The van der Waals surface area contributed by atoms with Crippen LogP contribution in [0.4, 0.5) is 10.5 Å². The molecule has 0 unspecified atom stereocenters. The van der Waals surface area contributed by atoms with Crippen LogP contribution in [0.25, 0.3) is 0 Å². The zero-order chi connectivity index (χ0) is 23.8. The number of anilines is 1. The molecule has 2 aromatic rings. The topological polar surface area (TPSA) is 96.0 Å². The van der Waals surface area contributed by atoms with Crippen molar-refractivity contribution in [3.05, 3.63) is 59.7 Å². The lowest BCUT2D eigenvalue weighted by Gasteiger charge is -2.21. The third kappa shape index (κ3) is 6.47. The Morgan fingerprint density at radius 3 is 2.39 bits per heavy atom. The largest absolute Gasteiger partial charge is 0.453 e. The summed E-state index contributed by atoms with van der Waals surface area (Å²) in [6.45, 7) is 3.84. The van der Waals surface area contributed by atoms with Crippen molar-refractivity contribution in [3.8, 4) is 0 Å². The molecule has 33 heavy (non-hydrogen) atoms. The second-order valence-electron chi connectivity index (χ2n) is 8.04. The Balaban J connectivity index is 1.70. The maximum Gasteiger partial charge on any atom is 0.409 e. The predicted octanol–water partition coefficient (Wildman–Crippen LogP) is 3.74. The van der Waals surface area contributed by atoms with Crippen LogP contribution in [0.5, 0.6) is 0 Å². The molecule has 0 spiro atoms. The summed E-state index contributed by atoms with van der Waals surface area (Å²) in [7, 11) is -2.52. The van der Waals surface area contributed by atoms with Crippen LogP contribution in [0.2, 0.25) is 0 Å². The normalized spacial score (nSPS) is 14.5. The number of aryl methyl sites for hydroxylation is 1. The summed E-state index contributed by atoms with van der Waals surface area (Å²) in [5, 5.41) is 0. The van der Waals surface area contributed by atoms with E-state index in [4.69, 9.17) is 4.74 Å². The first-order valence-corrected chi connectivity index (χ1v) is 12.7. The van der Waals surface area contributed by atoms with E-state index in [1.807, 2.05) is 12.1 Å². The van der Waals surface area contributed by atoms with Gasteiger partial charge in [-0.05, 0) is 55.2 Å². The highest BCUT2D eigenvalue weighted by molar-refractivity contribution is 7.92. The third-order valence-electron chi connectivity index (χ3n) is 5.63. The fraction of sp³-hybridized carbons (Fsp3) is 0.417. The molecule has 0 atom stereocenters. The van der Waals surface area contributed by atoms with Gasteiger partial charge in [0.05, 0.1) is 12.0 Å². The molecule has 2 amide bonds.